The Kier molecular flexibility index (Phi) is 3.95. The van der Waals surface area contributed by atoms with E-state index in [0.29, 0.717) is 12.5 Å². The maximum Gasteiger partial charge on any atom is 0.134 e. The first-order valence-electron chi connectivity index (χ1n) is 8.40. The summed E-state index contributed by atoms with van der Waals surface area (Å²) in [6.07, 6.45) is 5.56. The predicted molar refractivity (Wildman–Crippen MR) is 88.4 cm³/mol. The van der Waals surface area contributed by atoms with Crippen molar-refractivity contribution < 1.29 is 4.74 Å². The van der Waals surface area contributed by atoms with Gasteiger partial charge in [-0.25, -0.2) is 9.97 Å². The molecule has 1 aliphatic heterocycles. The zero-order valence-corrected chi connectivity index (χ0v) is 13.5. The van der Waals surface area contributed by atoms with Crippen LogP contribution in [0.3, 0.4) is 0 Å². The second-order valence-corrected chi connectivity index (χ2v) is 6.49. The molecule has 2 fully saturated rings. The van der Waals surface area contributed by atoms with Gasteiger partial charge in [0.15, 0.2) is 0 Å². The molecule has 1 saturated carbocycles. The Morgan fingerprint density at radius 2 is 2.13 bits per heavy atom. The molecule has 0 unspecified atom stereocenters. The highest BCUT2D eigenvalue weighted by Crippen LogP contribution is 2.38. The molecule has 0 N–H and O–H groups in total. The van der Waals surface area contributed by atoms with Crippen LogP contribution in [-0.4, -0.2) is 34.1 Å². The van der Waals surface area contributed by atoms with Crippen LogP contribution >= 0.6 is 0 Å². The van der Waals surface area contributed by atoms with E-state index in [1.807, 2.05) is 24.4 Å². The fourth-order valence-corrected chi connectivity index (χ4v) is 3.02. The first kappa shape index (κ1) is 14.6. The molecule has 1 atom stereocenters. The van der Waals surface area contributed by atoms with E-state index >= 15 is 0 Å². The van der Waals surface area contributed by atoms with Crippen LogP contribution in [0.4, 0.5) is 5.82 Å². The van der Waals surface area contributed by atoms with Gasteiger partial charge < -0.3 is 9.64 Å². The van der Waals surface area contributed by atoms with Crippen molar-refractivity contribution in [3.8, 4) is 0 Å². The van der Waals surface area contributed by atoms with Gasteiger partial charge in [-0.1, -0.05) is 6.07 Å². The van der Waals surface area contributed by atoms with Crippen molar-refractivity contribution in [3.63, 3.8) is 0 Å². The van der Waals surface area contributed by atoms with E-state index in [1.54, 1.807) is 0 Å². The molecule has 2 aromatic heterocycles. The topological polar surface area (TPSA) is 51.1 Å². The second kappa shape index (κ2) is 6.24. The predicted octanol–water partition coefficient (Wildman–Crippen LogP) is 2.85. The standard InChI is InChI=1S/C18H22N4O/c1-13-10-17(21-18(20-13)14-5-6-14)22-9-7-16(11-22)23-12-15-4-2-3-8-19-15/h2-4,8,10,14,16H,5-7,9,11-12H2,1H3/t16-/m1/s1. The van der Waals surface area contributed by atoms with Crippen LogP contribution in [0.15, 0.2) is 30.5 Å². The lowest BCUT2D eigenvalue weighted by molar-refractivity contribution is 0.0533. The molecule has 23 heavy (non-hydrogen) atoms. The molecule has 0 aromatic carbocycles. The highest BCUT2D eigenvalue weighted by Gasteiger charge is 2.29. The number of hydrogen-bond donors (Lipinski definition) is 0. The number of rotatable bonds is 5. The molecule has 3 heterocycles. The average Bonchev–Trinajstić information content (AvgIpc) is 3.32. The Hall–Kier alpha value is -2.01. The maximum absolute atomic E-state index is 6.01. The van der Waals surface area contributed by atoms with Gasteiger partial charge in [0.05, 0.1) is 18.4 Å². The number of aryl methyl sites for hydroxylation is 1. The lowest BCUT2D eigenvalue weighted by Gasteiger charge is -2.18. The third kappa shape index (κ3) is 3.50. The molecule has 1 aliphatic carbocycles. The molecule has 0 amide bonds. The van der Waals surface area contributed by atoms with Crippen LogP contribution < -0.4 is 4.90 Å². The number of anilines is 1. The van der Waals surface area contributed by atoms with Gasteiger partial charge in [0, 0.05) is 37.0 Å². The van der Waals surface area contributed by atoms with E-state index in [0.717, 1.165) is 42.5 Å². The third-order valence-corrected chi connectivity index (χ3v) is 4.46. The van der Waals surface area contributed by atoms with Crippen molar-refractivity contribution in [1.29, 1.82) is 0 Å². The normalized spacial score (nSPS) is 20.9. The zero-order valence-electron chi connectivity index (χ0n) is 13.5. The van der Waals surface area contributed by atoms with Crippen LogP contribution in [0.2, 0.25) is 0 Å². The molecule has 2 aliphatic rings. The molecule has 0 radical (unpaired) electrons. The van der Waals surface area contributed by atoms with Gasteiger partial charge in [-0.15, -0.1) is 0 Å². The van der Waals surface area contributed by atoms with Gasteiger partial charge >= 0.3 is 0 Å². The molecule has 4 rings (SSSR count). The Balaban J connectivity index is 1.38. The first-order chi connectivity index (χ1) is 11.3. The zero-order chi connectivity index (χ0) is 15.6. The summed E-state index contributed by atoms with van der Waals surface area (Å²) in [4.78, 5) is 16.0. The fraction of sp³-hybridized carbons (Fsp3) is 0.500. The summed E-state index contributed by atoms with van der Waals surface area (Å²) in [6, 6.07) is 8.01. The molecule has 0 spiro atoms. The Bertz CT molecular complexity index is 672. The third-order valence-electron chi connectivity index (χ3n) is 4.46. The van der Waals surface area contributed by atoms with Crippen molar-refractivity contribution in [2.45, 2.75) is 44.8 Å². The Morgan fingerprint density at radius 3 is 2.91 bits per heavy atom. The number of nitrogens with zero attached hydrogens (tertiary/aromatic N) is 4. The minimum atomic E-state index is 0.247. The van der Waals surface area contributed by atoms with Gasteiger partial charge in [-0.3, -0.25) is 4.98 Å². The molecular formula is C18H22N4O. The quantitative estimate of drug-likeness (QED) is 0.850. The van der Waals surface area contributed by atoms with Crippen molar-refractivity contribution >= 4 is 5.82 Å². The molecule has 2 aromatic rings. The van der Waals surface area contributed by atoms with Crippen molar-refractivity contribution in [1.82, 2.24) is 15.0 Å². The van der Waals surface area contributed by atoms with Crippen molar-refractivity contribution in [2.75, 3.05) is 18.0 Å². The Labute approximate surface area is 136 Å². The van der Waals surface area contributed by atoms with Gasteiger partial charge in [-0.2, -0.15) is 0 Å². The maximum atomic E-state index is 6.01. The van der Waals surface area contributed by atoms with E-state index in [2.05, 4.69) is 27.9 Å². The largest absolute Gasteiger partial charge is 0.370 e. The van der Waals surface area contributed by atoms with Gasteiger partial charge in [-0.05, 0) is 38.3 Å². The minimum absolute atomic E-state index is 0.247. The average molecular weight is 310 g/mol. The van der Waals surface area contributed by atoms with Crippen LogP contribution in [-0.2, 0) is 11.3 Å². The molecule has 5 nitrogen and oxygen atoms in total. The number of aromatic nitrogens is 3. The van der Waals surface area contributed by atoms with Crippen LogP contribution in [0.1, 0.15) is 42.4 Å². The molecule has 120 valence electrons. The fourth-order valence-electron chi connectivity index (χ4n) is 3.02. The van der Waals surface area contributed by atoms with E-state index in [-0.39, 0.29) is 6.10 Å². The van der Waals surface area contributed by atoms with Crippen LogP contribution in [0.5, 0.6) is 0 Å². The van der Waals surface area contributed by atoms with E-state index in [9.17, 15) is 0 Å². The number of ether oxygens (including phenoxy) is 1. The molecular weight excluding hydrogens is 288 g/mol. The summed E-state index contributed by atoms with van der Waals surface area (Å²) in [5.41, 5.74) is 2.05. The summed E-state index contributed by atoms with van der Waals surface area (Å²) in [5.74, 6) is 2.67. The van der Waals surface area contributed by atoms with E-state index in [4.69, 9.17) is 9.72 Å². The van der Waals surface area contributed by atoms with Gasteiger partial charge in [0.1, 0.15) is 11.6 Å². The van der Waals surface area contributed by atoms with Gasteiger partial charge in [0.2, 0.25) is 0 Å². The smallest absolute Gasteiger partial charge is 0.134 e. The number of hydrogen-bond acceptors (Lipinski definition) is 5. The van der Waals surface area contributed by atoms with E-state index < -0.39 is 0 Å². The first-order valence-corrected chi connectivity index (χ1v) is 8.40. The summed E-state index contributed by atoms with van der Waals surface area (Å²) in [6.45, 7) is 4.53. The minimum Gasteiger partial charge on any atom is -0.370 e. The van der Waals surface area contributed by atoms with Crippen molar-refractivity contribution in [2.24, 2.45) is 0 Å². The highest BCUT2D eigenvalue weighted by atomic mass is 16.5. The van der Waals surface area contributed by atoms with E-state index in [1.165, 1.54) is 12.8 Å². The highest BCUT2D eigenvalue weighted by molar-refractivity contribution is 5.41. The lowest BCUT2D eigenvalue weighted by atomic mass is 10.3. The molecule has 5 heteroatoms. The van der Waals surface area contributed by atoms with Crippen LogP contribution in [0, 0.1) is 6.92 Å². The summed E-state index contributed by atoms with van der Waals surface area (Å²) in [5, 5.41) is 0. The van der Waals surface area contributed by atoms with Crippen LogP contribution in [0.25, 0.3) is 0 Å². The van der Waals surface area contributed by atoms with Crippen molar-refractivity contribution in [3.05, 3.63) is 47.7 Å². The number of pyridine rings is 1. The SMILES string of the molecule is Cc1cc(N2CC[C@@H](OCc3ccccn3)C2)nc(C2CC2)n1. The monoisotopic (exact) mass is 310 g/mol. The Morgan fingerprint density at radius 1 is 1.22 bits per heavy atom. The summed E-state index contributed by atoms with van der Waals surface area (Å²) >= 11 is 0. The van der Waals surface area contributed by atoms with Gasteiger partial charge in [0.25, 0.3) is 0 Å². The summed E-state index contributed by atoms with van der Waals surface area (Å²) in [7, 11) is 0. The lowest BCUT2D eigenvalue weighted by Crippen LogP contribution is -2.24. The second-order valence-electron chi connectivity index (χ2n) is 6.49. The molecule has 1 saturated heterocycles. The summed E-state index contributed by atoms with van der Waals surface area (Å²) < 4.78 is 6.01. The molecule has 0 bridgehead atoms.